The Kier molecular flexibility index (Phi) is 3.74. The normalized spacial score (nSPS) is 14.5. The van der Waals surface area contributed by atoms with Gasteiger partial charge in [0.15, 0.2) is 0 Å². The number of hydrogen-bond donors (Lipinski definition) is 1. The molecule has 0 saturated heterocycles. The van der Waals surface area contributed by atoms with E-state index in [1.54, 1.807) is 0 Å². The maximum atomic E-state index is 12.8. The first-order valence-electron chi connectivity index (χ1n) is 6.80. The van der Waals surface area contributed by atoms with Crippen molar-refractivity contribution < 1.29 is 17.9 Å². The Hall–Kier alpha value is -2.15. The highest BCUT2D eigenvalue weighted by atomic mass is 19.4. The van der Waals surface area contributed by atoms with E-state index in [0.717, 1.165) is 36.4 Å². The van der Waals surface area contributed by atoms with Crippen LogP contribution in [0.25, 0.3) is 11.3 Å². The molecule has 0 fully saturated rings. The third-order valence-electron chi connectivity index (χ3n) is 3.66. The van der Waals surface area contributed by atoms with Crippen LogP contribution in [0.3, 0.4) is 0 Å². The predicted molar refractivity (Wildman–Crippen MR) is 74.4 cm³/mol. The number of hydrogen-bond acceptors (Lipinski definition) is 4. The average Bonchev–Trinajstić information content (AvgIpc) is 2.53. The summed E-state index contributed by atoms with van der Waals surface area (Å²) in [4.78, 5) is 8.49. The van der Waals surface area contributed by atoms with Crippen LogP contribution in [0.1, 0.15) is 16.8 Å². The molecule has 2 aromatic rings. The highest BCUT2D eigenvalue weighted by molar-refractivity contribution is 5.71. The SMILES string of the molecule is COc1cc(C(F)(F)F)ccc1-c1ncnc2c1CCNC2. The fraction of sp³-hybridized carbons (Fsp3) is 0.333. The Morgan fingerprint density at radius 3 is 2.77 bits per heavy atom. The number of aromatic nitrogens is 2. The molecule has 0 aliphatic carbocycles. The largest absolute Gasteiger partial charge is 0.496 e. The van der Waals surface area contributed by atoms with Gasteiger partial charge in [-0.15, -0.1) is 0 Å². The second-order valence-corrected chi connectivity index (χ2v) is 4.99. The van der Waals surface area contributed by atoms with Gasteiger partial charge in [-0.25, -0.2) is 9.97 Å². The molecule has 1 aromatic heterocycles. The lowest BCUT2D eigenvalue weighted by molar-refractivity contribution is -0.137. The van der Waals surface area contributed by atoms with Gasteiger partial charge >= 0.3 is 6.18 Å². The molecule has 116 valence electrons. The number of methoxy groups -OCH3 is 1. The maximum Gasteiger partial charge on any atom is 0.416 e. The van der Waals surface area contributed by atoms with E-state index in [1.807, 2.05) is 0 Å². The first-order valence-corrected chi connectivity index (χ1v) is 6.80. The third kappa shape index (κ3) is 2.64. The summed E-state index contributed by atoms with van der Waals surface area (Å²) in [5.74, 6) is 0.161. The van der Waals surface area contributed by atoms with Gasteiger partial charge in [-0.2, -0.15) is 13.2 Å². The molecule has 3 rings (SSSR count). The van der Waals surface area contributed by atoms with Gasteiger partial charge in [0, 0.05) is 17.7 Å². The van der Waals surface area contributed by atoms with Crippen LogP contribution in [-0.4, -0.2) is 23.6 Å². The monoisotopic (exact) mass is 309 g/mol. The molecule has 0 atom stereocenters. The predicted octanol–water partition coefficient (Wildman–Crippen LogP) is 2.82. The molecule has 22 heavy (non-hydrogen) atoms. The van der Waals surface area contributed by atoms with Crippen molar-refractivity contribution in [3.05, 3.63) is 41.3 Å². The van der Waals surface area contributed by atoms with Gasteiger partial charge in [0.25, 0.3) is 0 Å². The summed E-state index contributed by atoms with van der Waals surface area (Å²) in [5, 5.41) is 3.21. The van der Waals surface area contributed by atoms with E-state index >= 15 is 0 Å². The summed E-state index contributed by atoms with van der Waals surface area (Å²) in [7, 11) is 1.36. The molecular weight excluding hydrogens is 295 g/mol. The zero-order chi connectivity index (χ0) is 15.7. The lowest BCUT2D eigenvalue weighted by atomic mass is 9.98. The first kappa shape index (κ1) is 14.8. The highest BCUT2D eigenvalue weighted by Crippen LogP contribution is 2.38. The zero-order valence-corrected chi connectivity index (χ0v) is 11.9. The number of nitrogens with one attached hydrogen (secondary N) is 1. The maximum absolute atomic E-state index is 12.8. The van der Waals surface area contributed by atoms with Crippen LogP contribution in [0, 0.1) is 0 Å². The van der Waals surface area contributed by atoms with E-state index in [0.29, 0.717) is 17.8 Å². The van der Waals surface area contributed by atoms with E-state index in [1.165, 1.54) is 19.5 Å². The van der Waals surface area contributed by atoms with Crippen molar-refractivity contribution in [3.63, 3.8) is 0 Å². The van der Waals surface area contributed by atoms with Crippen LogP contribution in [0.5, 0.6) is 5.75 Å². The van der Waals surface area contributed by atoms with Crippen molar-refractivity contribution in [1.82, 2.24) is 15.3 Å². The molecular formula is C15H14F3N3O. The second kappa shape index (κ2) is 5.57. The molecule has 7 heteroatoms. The minimum absolute atomic E-state index is 0.161. The Morgan fingerprint density at radius 1 is 1.23 bits per heavy atom. The smallest absolute Gasteiger partial charge is 0.416 e. The van der Waals surface area contributed by atoms with Gasteiger partial charge in [-0.1, -0.05) is 0 Å². The topological polar surface area (TPSA) is 47.0 Å². The first-order chi connectivity index (χ1) is 10.5. The number of rotatable bonds is 2. The molecule has 0 spiro atoms. The Balaban J connectivity index is 2.13. The van der Waals surface area contributed by atoms with Crippen molar-refractivity contribution in [2.75, 3.05) is 13.7 Å². The van der Waals surface area contributed by atoms with E-state index < -0.39 is 11.7 Å². The quantitative estimate of drug-likeness (QED) is 0.926. The van der Waals surface area contributed by atoms with Gasteiger partial charge in [0.1, 0.15) is 12.1 Å². The third-order valence-corrected chi connectivity index (χ3v) is 3.66. The standard InChI is InChI=1S/C15H14F3N3O/c1-22-13-6-9(15(16,17)18)2-3-11(13)14-10-4-5-19-7-12(10)20-8-21-14/h2-3,6,8,19H,4-5,7H2,1H3. The van der Waals surface area contributed by atoms with Gasteiger partial charge in [0.05, 0.1) is 24.1 Å². The van der Waals surface area contributed by atoms with Crippen molar-refractivity contribution in [1.29, 1.82) is 0 Å². The molecule has 0 bridgehead atoms. The summed E-state index contributed by atoms with van der Waals surface area (Å²) in [6, 6.07) is 3.46. The van der Waals surface area contributed by atoms with E-state index in [9.17, 15) is 13.2 Å². The molecule has 0 unspecified atom stereocenters. The Morgan fingerprint density at radius 2 is 2.05 bits per heavy atom. The average molecular weight is 309 g/mol. The van der Waals surface area contributed by atoms with E-state index in [2.05, 4.69) is 15.3 Å². The minimum Gasteiger partial charge on any atom is -0.496 e. The number of alkyl halides is 3. The summed E-state index contributed by atoms with van der Waals surface area (Å²) in [6.45, 7) is 1.42. The number of ether oxygens (including phenoxy) is 1. The van der Waals surface area contributed by atoms with Crippen LogP contribution >= 0.6 is 0 Å². The fourth-order valence-electron chi connectivity index (χ4n) is 2.58. The van der Waals surface area contributed by atoms with Crippen molar-refractivity contribution in [2.45, 2.75) is 19.1 Å². The Labute approximate surface area is 125 Å². The van der Waals surface area contributed by atoms with Crippen LogP contribution < -0.4 is 10.1 Å². The molecule has 0 radical (unpaired) electrons. The molecule has 4 nitrogen and oxygen atoms in total. The summed E-state index contributed by atoms with van der Waals surface area (Å²) < 4.78 is 43.6. The van der Waals surface area contributed by atoms with Crippen LogP contribution in [0.4, 0.5) is 13.2 Å². The van der Waals surface area contributed by atoms with E-state index in [4.69, 9.17) is 4.74 Å². The summed E-state index contributed by atoms with van der Waals surface area (Å²) in [5.41, 5.74) is 2.28. The van der Waals surface area contributed by atoms with Crippen LogP contribution in [0.15, 0.2) is 24.5 Å². The molecule has 1 aromatic carbocycles. The zero-order valence-electron chi connectivity index (χ0n) is 11.9. The van der Waals surface area contributed by atoms with Gasteiger partial charge < -0.3 is 10.1 Å². The Bertz CT molecular complexity index is 701. The minimum atomic E-state index is -4.40. The highest BCUT2D eigenvalue weighted by Gasteiger charge is 2.31. The molecule has 1 aliphatic heterocycles. The van der Waals surface area contributed by atoms with Crippen LogP contribution in [-0.2, 0) is 19.1 Å². The van der Waals surface area contributed by atoms with Crippen molar-refractivity contribution in [2.24, 2.45) is 0 Å². The number of fused-ring (bicyclic) bond motifs is 1. The second-order valence-electron chi connectivity index (χ2n) is 4.99. The molecule has 1 aliphatic rings. The van der Waals surface area contributed by atoms with Gasteiger partial charge in [-0.3, -0.25) is 0 Å². The summed E-state index contributed by atoms with van der Waals surface area (Å²) >= 11 is 0. The van der Waals surface area contributed by atoms with E-state index in [-0.39, 0.29) is 5.75 Å². The lowest BCUT2D eigenvalue weighted by Gasteiger charge is -2.20. The lowest BCUT2D eigenvalue weighted by Crippen LogP contribution is -2.25. The fourth-order valence-corrected chi connectivity index (χ4v) is 2.58. The van der Waals surface area contributed by atoms with Gasteiger partial charge in [0.2, 0.25) is 0 Å². The molecule has 1 N–H and O–H groups in total. The molecule has 0 saturated carbocycles. The summed E-state index contributed by atoms with van der Waals surface area (Å²) in [6.07, 6.45) is -2.24. The molecule has 2 heterocycles. The number of halogens is 3. The number of nitrogens with zero attached hydrogens (tertiary/aromatic N) is 2. The van der Waals surface area contributed by atoms with Gasteiger partial charge in [-0.05, 0) is 31.2 Å². The van der Waals surface area contributed by atoms with Crippen molar-refractivity contribution in [3.8, 4) is 17.0 Å². The molecule has 0 amide bonds. The number of benzene rings is 1. The van der Waals surface area contributed by atoms with Crippen molar-refractivity contribution >= 4 is 0 Å². The van der Waals surface area contributed by atoms with Crippen LogP contribution in [0.2, 0.25) is 0 Å².